The van der Waals surface area contributed by atoms with E-state index in [4.69, 9.17) is 9.47 Å². The Morgan fingerprint density at radius 1 is 1.45 bits per heavy atom. The van der Waals surface area contributed by atoms with Gasteiger partial charge in [-0.15, -0.1) is 0 Å². The van der Waals surface area contributed by atoms with Gasteiger partial charge in [-0.05, 0) is 26.1 Å². The SMILES string of the molecule is CNC1CC2(CCNCC2C)Oc2cc(OC)ccc21. The van der Waals surface area contributed by atoms with Crippen LogP contribution in [0.4, 0.5) is 0 Å². The molecule has 2 heterocycles. The van der Waals surface area contributed by atoms with Crippen LogP contribution < -0.4 is 20.1 Å². The predicted octanol–water partition coefficient (Wildman–Crippen LogP) is 2.11. The monoisotopic (exact) mass is 276 g/mol. The van der Waals surface area contributed by atoms with Gasteiger partial charge in [-0.3, -0.25) is 0 Å². The average Bonchev–Trinajstić information content (AvgIpc) is 2.49. The topological polar surface area (TPSA) is 42.5 Å². The van der Waals surface area contributed by atoms with Crippen LogP contribution in [0.15, 0.2) is 18.2 Å². The van der Waals surface area contributed by atoms with E-state index < -0.39 is 0 Å². The number of rotatable bonds is 2. The van der Waals surface area contributed by atoms with Crippen LogP contribution in [0.5, 0.6) is 11.5 Å². The molecule has 110 valence electrons. The quantitative estimate of drug-likeness (QED) is 0.868. The van der Waals surface area contributed by atoms with Crippen molar-refractivity contribution in [1.29, 1.82) is 0 Å². The third-order valence-corrected chi connectivity index (χ3v) is 4.88. The molecule has 1 spiro atoms. The molecule has 4 heteroatoms. The van der Waals surface area contributed by atoms with E-state index >= 15 is 0 Å². The minimum Gasteiger partial charge on any atom is -0.497 e. The fourth-order valence-electron chi connectivity index (χ4n) is 3.50. The molecule has 2 aliphatic heterocycles. The van der Waals surface area contributed by atoms with Crippen LogP contribution in [-0.4, -0.2) is 32.8 Å². The van der Waals surface area contributed by atoms with Crippen molar-refractivity contribution in [3.63, 3.8) is 0 Å². The summed E-state index contributed by atoms with van der Waals surface area (Å²) >= 11 is 0. The van der Waals surface area contributed by atoms with Gasteiger partial charge in [0.15, 0.2) is 0 Å². The van der Waals surface area contributed by atoms with E-state index in [-0.39, 0.29) is 5.60 Å². The van der Waals surface area contributed by atoms with Crippen molar-refractivity contribution in [2.75, 3.05) is 27.2 Å². The third kappa shape index (κ3) is 2.17. The summed E-state index contributed by atoms with van der Waals surface area (Å²) in [5.74, 6) is 2.34. The maximum absolute atomic E-state index is 6.49. The highest BCUT2D eigenvalue weighted by atomic mass is 16.5. The first-order valence-corrected chi connectivity index (χ1v) is 7.43. The van der Waals surface area contributed by atoms with Crippen molar-refractivity contribution >= 4 is 0 Å². The molecule has 3 unspecified atom stereocenters. The number of ether oxygens (including phenoxy) is 2. The van der Waals surface area contributed by atoms with Gasteiger partial charge >= 0.3 is 0 Å². The Morgan fingerprint density at radius 3 is 3.00 bits per heavy atom. The number of nitrogens with one attached hydrogen (secondary N) is 2. The van der Waals surface area contributed by atoms with Gasteiger partial charge in [0.05, 0.1) is 7.11 Å². The molecule has 1 fully saturated rings. The number of hydrogen-bond donors (Lipinski definition) is 2. The highest BCUT2D eigenvalue weighted by Gasteiger charge is 2.45. The molecule has 20 heavy (non-hydrogen) atoms. The van der Waals surface area contributed by atoms with Gasteiger partial charge in [0.1, 0.15) is 17.1 Å². The minimum atomic E-state index is -0.0573. The molecule has 0 saturated carbocycles. The summed E-state index contributed by atoms with van der Waals surface area (Å²) < 4.78 is 11.8. The van der Waals surface area contributed by atoms with Crippen LogP contribution >= 0.6 is 0 Å². The lowest BCUT2D eigenvalue weighted by Crippen LogP contribution is -2.56. The maximum atomic E-state index is 6.49. The predicted molar refractivity (Wildman–Crippen MR) is 79.4 cm³/mol. The second-order valence-electron chi connectivity index (χ2n) is 5.97. The Labute approximate surface area is 120 Å². The number of hydrogen-bond acceptors (Lipinski definition) is 4. The van der Waals surface area contributed by atoms with Crippen molar-refractivity contribution in [2.45, 2.75) is 31.4 Å². The Bertz CT molecular complexity index is 491. The van der Waals surface area contributed by atoms with Gasteiger partial charge < -0.3 is 20.1 Å². The highest BCUT2D eigenvalue weighted by Crippen LogP contribution is 2.46. The van der Waals surface area contributed by atoms with E-state index in [2.05, 4.69) is 23.6 Å². The number of benzene rings is 1. The molecule has 0 radical (unpaired) electrons. The van der Waals surface area contributed by atoms with Crippen LogP contribution in [0.3, 0.4) is 0 Å². The molecule has 0 aliphatic carbocycles. The van der Waals surface area contributed by atoms with E-state index in [1.807, 2.05) is 19.2 Å². The van der Waals surface area contributed by atoms with E-state index in [1.165, 1.54) is 5.56 Å². The molecular weight excluding hydrogens is 252 g/mol. The molecule has 2 N–H and O–H groups in total. The molecule has 0 aromatic heterocycles. The first kappa shape index (κ1) is 13.7. The largest absolute Gasteiger partial charge is 0.497 e. The zero-order chi connectivity index (χ0) is 14.2. The minimum absolute atomic E-state index is 0.0573. The first-order valence-electron chi connectivity index (χ1n) is 7.43. The summed E-state index contributed by atoms with van der Waals surface area (Å²) in [7, 11) is 3.73. The summed E-state index contributed by atoms with van der Waals surface area (Å²) in [6.07, 6.45) is 2.09. The summed E-state index contributed by atoms with van der Waals surface area (Å²) in [6, 6.07) is 6.50. The summed E-state index contributed by atoms with van der Waals surface area (Å²) in [6.45, 7) is 4.33. The Balaban J connectivity index is 1.99. The lowest BCUT2D eigenvalue weighted by atomic mass is 9.75. The molecule has 3 rings (SSSR count). The van der Waals surface area contributed by atoms with Crippen molar-refractivity contribution < 1.29 is 9.47 Å². The van der Waals surface area contributed by atoms with E-state index in [1.54, 1.807) is 7.11 Å². The van der Waals surface area contributed by atoms with Gasteiger partial charge in [-0.25, -0.2) is 0 Å². The Morgan fingerprint density at radius 2 is 2.30 bits per heavy atom. The second-order valence-corrected chi connectivity index (χ2v) is 5.97. The Hall–Kier alpha value is -1.26. The molecule has 4 nitrogen and oxygen atoms in total. The molecule has 3 atom stereocenters. The first-order chi connectivity index (χ1) is 9.68. The second kappa shape index (κ2) is 5.26. The van der Waals surface area contributed by atoms with Crippen LogP contribution in [0.2, 0.25) is 0 Å². The molecule has 1 aromatic carbocycles. The number of piperidine rings is 1. The van der Waals surface area contributed by atoms with Crippen LogP contribution in [0.25, 0.3) is 0 Å². The smallest absolute Gasteiger partial charge is 0.128 e. The summed E-state index contributed by atoms with van der Waals surface area (Å²) in [5.41, 5.74) is 1.18. The van der Waals surface area contributed by atoms with Crippen LogP contribution in [0.1, 0.15) is 31.4 Å². The summed E-state index contributed by atoms with van der Waals surface area (Å²) in [5, 5.41) is 6.91. The standard InChI is InChI=1S/C16H24N2O2/c1-11-10-18-7-6-16(11)9-14(17-2)13-5-4-12(19-3)8-15(13)20-16/h4-5,8,11,14,17-18H,6-7,9-10H2,1-3H3. The van der Waals surface area contributed by atoms with Gasteiger partial charge in [-0.2, -0.15) is 0 Å². The van der Waals surface area contributed by atoms with Crippen molar-refractivity contribution in [3.05, 3.63) is 23.8 Å². The van der Waals surface area contributed by atoms with Crippen LogP contribution in [-0.2, 0) is 0 Å². The van der Waals surface area contributed by atoms with Gasteiger partial charge in [-0.1, -0.05) is 13.0 Å². The third-order valence-electron chi connectivity index (χ3n) is 4.88. The van der Waals surface area contributed by atoms with E-state index in [0.29, 0.717) is 12.0 Å². The lowest BCUT2D eigenvalue weighted by Gasteiger charge is -2.48. The molecule has 0 amide bonds. The zero-order valence-electron chi connectivity index (χ0n) is 12.5. The number of fused-ring (bicyclic) bond motifs is 1. The number of methoxy groups -OCH3 is 1. The van der Waals surface area contributed by atoms with Crippen molar-refractivity contribution in [2.24, 2.45) is 5.92 Å². The Kier molecular flexibility index (Phi) is 3.61. The maximum Gasteiger partial charge on any atom is 0.128 e. The van der Waals surface area contributed by atoms with Crippen LogP contribution in [0, 0.1) is 5.92 Å². The summed E-state index contributed by atoms with van der Waals surface area (Å²) in [4.78, 5) is 0. The molecule has 1 saturated heterocycles. The van der Waals surface area contributed by atoms with E-state index in [0.717, 1.165) is 37.4 Å². The molecule has 2 aliphatic rings. The molecule has 1 aromatic rings. The van der Waals surface area contributed by atoms with Gasteiger partial charge in [0, 0.05) is 36.6 Å². The molecule has 0 bridgehead atoms. The zero-order valence-corrected chi connectivity index (χ0v) is 12.5. The van der Waals surface area contributed by atoms with E-state index in [9.17, 15) is 0 Å². The van der Waals surface area contributed by atoms with Gasteiger partial charge in [0.25, 0.3) is 0 Å². The van der Waals surface area contributed by atoms with Crippen molar-refractivity contribution in [3.8, 4) is 11.5 Å². The fourth-order valence-corrected chi connectivity index (χ4v) is 3.50. The average molecular weight is 276 g/mol. The normalized spacial score (nSPS) is 32.5. The van der Waals surface area contributed by atoms with Crippen molar-refractivity contribution in [1.82, 2.24) is 10.6 Å². The fraction of sp³-hybridized carbons (Fsp3) is 0.625. The lowest BCUT2D eigenvalue weighted by molar-refractivity contribution is -0.0367. The van der Waals surface area contributed by atoms with Gasteiger partial charge in [0.2, 0.25) is 0 Å². The molecular formula is C16H24N2O2. The highest BCUT2D eigenvalue weighted by molar-refractivity contribution is 5.44.